The van der Waals surface area contributed by atoms with Crippen LogP contribution >= 0.6 is 24.8 Å². The van der Waals surface area contributed by atoms with Gasteiger partial charge in [-0.05, 0) is 0 Å². The summed E-state index contributed by atoms with van der Waals surface area (Å²) in [5.41, 5.74) is 3.48. The van der Waals surface area contributed by atoms with Crippen LogP contribution in [0.5, 0.6) is 0 Å². The maximum absolute atomic E-state index is 9.71. The van der Waals surface area contributed by atoms with Gasteiger partial charge in [-0.3, -0.25) is 10.9 Å². The number of halogens is 2. The summed E-state index contributed by atoms with van der Waals surface area (Å²) in [6, 6.07) is -0.602. The van der Waals surface area contributed by atoms with Crippen LogP contribution in [0.3, 0.4) is 0 Å². The lowest BCUT2D eigenvalue weighted by Crippen LogP contribution is -2.43. The van der Waals surface area contributed by atoms with Gasteiger partial charge < -0.3 is 0 Å². The largest absolute Gasteiger partial charge is 0.343 e. The van der Waals surface area contributed by atoms with Gasteiger partial charge in [-0.25, -0.2) is 16.5 Å². The minimum atomic E-state index is -0.602. The molecule has 0 aromatic carbocycles. The lowest BCUT2D eigenvalue weighted by atomic mass is 11.1. The Bertz CT molecular complexity index is 52.0. The molecule has 0 saturated heterocycles. The van der Waals surface area contributed by atoms with E-state index in [-0.39, 0.29) is 24.8 Å². The molecule has 0 aliphatic rings. The van der Waals surface area contributed by atoms with E-state index in [4.69, 9.17) is 0 Å². The summed E-state index contributed by atoms with van der Waals surface area (Å²) in [6.45, 7) is 0. The van der Waals surface area contributed by atoms with Crippen molar-refractivity contribution in [3.63, 3.8) is 0 Å². The number of hydrogen-bond donors (Lipinski definition) is 4. The van der Waals surface area contributed by atoms with E-state index in [0.717, 1.165) is 0 Å². The minimum absolute atomic E-state index is 0. The standard InChI is InChI=1S/CH6N4O.2ClH/c2-4-1(6)5-3;;/h2-3H2,(H2,4,5,6);2*1H. The molecule has 0 saturated carbocycles. The number of nitrogens with one attached hydrogen (secondary N) is 2. The van der Waals surface area contributed by atoms with Crippen LogP contribution in [-0.4, -0.2) is 6.03 Å². The number of nitrogens with two attached hydrogens (primary N) is 2. The highest BCUT2D eigenvalue weighted by Crippen LogP contribution is 1.42. The lowest BCUT2D eigenvalue weighted by Gasteiger charge is -1.90. The van der Waals surface area contributed by atoms with Crippen LogP contribution in [0.4, 0.5) is 4.79 Å². The van der Waals surface area contributed by atoms with Crippen LogP contribution in [0.1, 0.15) is 0 Å². The number of hydrogen-bond acceptors (Lipinski definition) is 3. The Balaban J connectivity index is -0.000000125. The fourth-order valence-corrected chi connectivity index (χ4v) is 0.0417. The van der Waals surface area contributed by atoms with Crippen molar-refractivity contribution in [2.45, 2.75) is 0 Å². The zero-order valence-corrected chi connectivity index (χ0v) is 5.51. The third-order valence-corrected chi connectivity index (χ3v) is 0.262. The van der Waals surface area contributed by atoms with Crippen molar-refractivity contribution in [2.24, 2.45) is 11.7 Å². The predicted octanol–water partition coefficient (Wildman–Crippen LogP) is -1.12. The molecule has 6 N–H and O–H groups in total. The number of carbonyl (C=O) groups is 1. The van der Waals surface area contributed by atoms with E-state index in [9.17, 15) is 4.79 Å². The van der Waals surface area contributed by atoms with Crippen LogP contribution in [0, 0.1) is 0 Å². The van der Waals surface area contributed by atoms with Crippen molar-refractivity contribution in [2.75, 3.05) is 0 Å². The fourth-order valence-electron chi connectivity index (χ4n) is 0.0417. The van der Waals surface area contributed by atoms with Gasteiger partial charge in [0.25, 0.3) is 0 Å². The van der Waals surface area contributed by atoms with Crippen LogP contribution in [-0.2, 0) is 0 Å². The van der Waals surface area contributed by atoms with Crippen LogP contribution in [0.15, 0.2) is 0 Å². The first kappa shape index (κ1) is 15.7. The van der Waals surface area contributed by atoms with Gasteiger partial charge in [-0.1, -0.05) is 0 Å². The first-order chi connectivity index (χ1) is 2.81. The Labute approximate surface area is 58.9 Å². The van der Waals surface area contributed by atoms with E-state index in [1.54, 1.807) is 10.9 Å². The minimum Gasteiger partial charge on any atom is -0.275 e. The van der Waals surface area contributed by atoms with E-state index in [0.29, 0.717) is 0 Å². The van der Waals surface area contributed by atoms with E-state index in [1.807, 2.05) is 0 Å². The molecular weight excluding hydrogens is 155 g/mol. The second-order valence-electron chi connectivity index (χ2n) is 0.618. The Morgan fingerprint density at radius 3 is 1.38 bits per heavy atom. The normalized spacial score (nSPS) is 5.25. The Kier molecular flexibility index (Phi) is 19.4. The van der Waals surface area contributed by atoms with E-state index in [1.165, 1.54) is 0 Å². The van der Waals surface area contributed by atoms with Gasteiger partial charge in [0.05, 0.1) is 0 Å². The molecule has 0 spiro atoms. The average Bonchev–Trinajstić information content (AvgIpc) is 1.65. The number of amides is 2. The fraction of sp³-hybridized carbons (Fsp3) is 0. The van der Waals surface area contributed by atoms with Gasteiger partial charge in [-0.2, -0.15) is 0 Å². The molecule has 0 fully saturated rings. The summed E-state index contributed by atoms with van der Waals surface area (Å²) in [7, 11) is 0. The molecule has 0 aliphatic carbocycles. The molecule has 0 atom stereocenters. The zero-order chi connectivity index (χ0) is 4.99. The Morgan fingerprint density at radius 2 is 1.38 bits per heavy atom. The van der Waals surface area contributed by atoms with Gasteiger partial charge in [-0.15, -0.1) is 24.8 Å². The summed E-state index contributed by atoms with van der Waals surface area (Å²) in [5, 5.41) is 0. The molecule has 7 heteroatoms. The first-order valence-electron chi connectivity index (χ1n) is 1.28. The summed E-state index contributed by atoms with van der Waals surface area (Å²) >= 11 is 0. The average molecular weight is 163 g/mol. The number of carbonyl (C=O) groups excluding carboxylic acids is 1. The summed E-state index contributed by atoms with van der Waals surface area (Å²) < 4.78 is 0. The Hall–Kier alpha value is -0.230. The highest BCUT2D eigenvalue weighted by molar-refractivity contribution is 5.85. The molecule has 0 aromatic heterocycles. The molecule has 52 valence electrons. The number of hydrazine groups is 2. The maximum Gasteiger partial charge on any atom is 0.343 e. The second kappa shape index (κ2) is 9.91. The van der Waals surface area contributed by atoms with Crippen molar-refractivity contribution in [3.05, 3.63) is 0 Å². The molecule has 2 amide bonds. The maximum atomic E-state index is 9.71. The van der Waals surface area contributed by atoms with E-state index >= 15 is 0 Å². The second-order valence-corrected chi connectivity index (χ2v) is 0.618. The van der Waals surface area contributed by atoms with Gasteiger partial charge in [0.1, 0.15) is 0 Å². The summed E-state index contributed by atoms with van der Waals surface area (Å²) in [6.07, 6.45) is 0. The van der Waals surface area contributed by atoms with Crippen molar-refractivity contribution in [1.29, 1.82) is 0 Å². The lowest BCUT2D eigenvalue weighted by molar-refractivity contribution is 0.241. The number of rotatable bonds is 0. The number of urea groups is 1. The Morgan fingerprint density at radius 1 is 1.12 bits per heavy atom. The molecular formula is CH8Cl2N4O. The van der Waals surface area contributed by atoms with Crippen LogP contribution in [0.2, 0.25) is 0 Å². The molecule has 0 aromatic rings. The van der Waals surface area contributed by atoms with Gasteiger partial charge in [0.2, 0.25) is 0 Å². The monoisotopic (exact) mass is 162 g/mol. The van der Waals surface area contributed by atoms with Crippen LogP contribution < -0.4 is 22.5 Å². The molecule has 0 heterocycles. The molecule has 0 radical (unpaired) electrons. The van der Waals surface area contributed by atoms with Crippen molar-refractivity contribution >= 4 is 30.8 Å². The zero-order valence-electron chi connectivity index (χ0n) is 3.88. The molecule has 0 bridgehead atoms. The first-order valence-corrected chi connectivity index (χ1v) is 1.28. The summed E-state index contributed by atoms with van der Waals surface area (Å²) in [5.74, 6) is 9.08. The van der Waals surface area contributed by atoms with E-state index < -0.39 is 6.03 Å². The molecule has 0 rings (SSSR count). The molecule has 8 heavy (non-hydrogen) atoms. The molecule has 5 nitrogen and oxygen atoms in total. The van der Waals surface area contributed by atoms with Gasteiger partial charge >= 0.3 is 6.03 Å². The highest BCUT2D eigenvalue weighted by Gasteiger charge is 1.82. The van der Waals surface area contributed by atoms with E-state index in [2.05, 4.69) is 11.7 Å². The van der Waals surface area contributed by atoms with Gasteiger partial charge in [0.15, 0.2) is 0 Å². The predicted molar refractivity (Wildman–Crippen MR) is 34.5 cm³/mol. The quantitative estimate of drug-likeness (QED) is 0.207. The molecule has 0 aliphatic heterocycles. The van der Waals surface area contributed by atoms with Crippen molar-refractivity contribution < 1.29 is 4.79 Å². The highest BCUT2D eigenvalue weighted by atomic mass is 35.5. The van der Waals surface area contributed by atoms with Crippen molar-refractivity contribution in [1.82, 2.24) is 10.9 Å². The third kappa shape index (κ3) is 9.24. The SMILES string of the molecule is Cl.Cl.NNC(=O)NN. The van der Waals surface area contributed by atoms with Crippen molar-refractivity contribution in [3.8, 4) is 0 Å². The summed E-state index contributed by atoms with van der Waals surface area (Å²) in [4.78, 5) is 9.71. The topological polar surface area (TPSA) is 93.2 Å². The smallest absolute Gasteiger partial charge is 0.275 e. The molecule has 0 unspecified atom stereocenters. The van der Waals surface area contributed by atoms with Gasteiger partial charge in [0, 0.05) is 0 Å². The van der Waals surface area contributed by atoms with Crippen LogP contribution in [0.25, 0.3) is 0 Å². The third-order valence-electron chi connectivity index (χ3n) is 0.262.